The number of aryl methyl sites for hydroxylation is 1. The third kappa shape index (κ3) is 3.29. The van der Waals surface area contributed by atoms with Crippen LogP contribution in [0.3, 0.4) is 0 Å². The zero-order valence-corrected chi connectivity index (χ0v) is 12.2. The molecule has 0 aromatic carbocycles. The third-order valence-corrected chi connectivity index (χ3v) is 4.44. The van der Waals surface area contributed by atoms with E-state index >= 15 is 0 Å². The van der Waals surface area contributed by atoms with Crippen LogP contribution in [-0.2, 0) is 16.0 Å². The van der Waals surface area contributed by atoms with Crippen molar-refractivity contribution < 1.29 is 9.53 Å². The van der Waals surface area contributed by atoms with Gasteiger partial charge in [-0.3, -0.25) is 10.1 Å². The number of carbonyl (C=O) groups is 1. The molecule has 1 amide bonds. The predicted octanol–water partition coefficient (Wildman–Crippen LogP) is 1.06. The van der Waals surface area contributed by atoms with E-state index in [1.807, 2.05) is 6.92 Å². The number of hydrogen-bond donors (Lipinski definition) is 2. The van der Waals surface area contributed by atoms with Crippen molar-refractivity contribution in [3.63, 3.8) is 0 Å². The van der Waals surface area contributed by atoms with Gasteiger partial charge in [0.1, 0.15) is 5.01 Å². The number of ether oxygens (including phenoxy) is 1. The molecule has 0 atom stereocenters. The minimum Gasteiger partial charge on any atom is -0.384 e. The molecule has 0 unspecified atom stereocenters. The van der Waals surface area contributed by atoms with Crippen molar-refractivity contribution in [1.82, 2.24) is 15.5 Å². The van der Waals surface area contributed by atoms with Crippen molar-refractivity contribution in [3.05, 3.63) is 5.01 Å². The van der Waals surface area contributed by atoms with Gasteiger partial charge in [-0.05, 0) is 32.4 Å². The topological polar surface area (TPSA) is 76.1 Å². The number of nitrogens with zero attached hydrogens (tertiary/aromatic N) is 2. The van der Waals surface area contributed by atoms with E-state index in [0.717, 1.165) is 37.4 Å². The van der Waals surface area contributed by atoms with Crippen molar-refractivity contribution in [2.24, 2.45) is 5.41 Å². The molecule has 6 nitrogen and oxygen atoms in total. The molecule has 1 saturated heterocycles. The fourth-order valence-corrected chi connectivity index (χ4v) is 2.97. The Bertz CT molecular complexity index is 424. The van der Waals surface area contributed by atoms with Gasteiger partial charge in [0, 0.05) is 7.11 Å². The van der Waals surface area contributed by atoms with Gasteiger partial charge in [0.15, 0.2) is 0 Å². The minimum atomic E-state index is -0.446. The van der Waals surface area contributed by atoms with Crippen molar-refractivity contribution in [2.45, 2.75) is 26.2 Å². The number of carbonyl (C=O) groups excluding carboxylic acids is 1. The number of aromatic nitrogens is 2. The van der Waals surface area contributed by atoms with E-state index in [2.05, 4.69) is 20.8 Å². The van der Waals surface area contributed by atoms with E-state index in [-0.39, 0.29) is 5.91 Å². The zero-order chi connectivity index (χ0) is 13.7. The van der Waals surface area contributed by atoms with Gasteiger partial charge in [0.2, 0.25) is 11.0 Å². The summed E-state index contributed by atoms with van der Waals surface area (Å²) >= 11 is 1.43. The first-order valence-electron chi connectivity index (χ1n) is 6.53. The highest BCUT2D eigenvalue weighted by atomic mass is 32.1. The highest BCUT2D eigenvalue weighted by Gasteiger charge is 2.40. The Kier molecular flexibility index (Phi) is 4.84. The van der Waals surface area contributed by atoms with Crippen LogP contribution < -0.4 is 10.6 Å². The molecular weight excluding hydrogens is 264 g/mol. The molecule has 1 aliphatic rings. The molecule has 2 N–H and O–H groups in total. The van der Waals surface area contributed by atoms with E-state index in [4.69, 9.17) is 4.74 Å². The Morgan fingerprint density at radius 1 is 1.47 bits per heavy atom. The van der Waals surface area contributed by atoms with Crippen molar-refractivity contribution in [3.8, 4) is 0 Å². The maximum atomic E-state index is 12.5. The molecular formula is C12H20N4O2S. The molecule has 0 saturated carbocycles. The van der Waals surface area contributed by atoms with Gasteiger partial charge in [-0.15, -0.1) is 10.2 Å². The summed E-state index contributed by atoms with van der Waals surface area (Å²) in [6.07, 6.45) is 2.40. The molecule has 2 heterocycles. The Morgan fingerprint density at radius 3 is 2.79 bits per heavy atom. The summed E-state index contributed by atoms with van der Waals surface area (Å²) in [5, 5.41) is 15.7. The molecule has 106 valence electrons. The number of rotatable bonds is 5. The molecule has 1 aromatic heterocycles. The second-order valence-electron chi connectivity index (χ2n) is 4.77. The Hall–Kier alpha value is -1.05. The highest BCUT2D eigenvalue weighted by Crippen LogP contribution is 2.31. The maximum absolute atomic E-state index is 12.5. The average molecular weight is 284 g/mol. The van der Waals surface area contributed by atoms with Crippen LogP contribution in [0.4, 0.5) is 5.13 Å². The number of methoxy groups -OCH3 is 1. The molecule has 1 fully saturated rings. The molecule has 7 heteroatoms. The fraction of sp³-hybridized carbons (Fsp3) is 0.750. The highest BCUT2D eigenvalue weighted by molar-refractivity contribution is 7.15. The van der Waals surface area contributed by atoms with Crippen LogP contribution in [0.25, 0.3) is 0 Å². The summed E-state index contributed by atoms with van der Waals surface area (Å²) in [6.45, 7) is 4.14. The fourth-order valence-electron chi connectivity index (χ4n) is 2.30. The van der Waals surface area contributed by atoms with Crippen LogP contribution in [0, 0.1) is 5.41 Å². The number of anilines is 1. The number of hydrogen-bond acceptors (Lipinski definition) is 6. The SMILES string of the molecule is CCc1nnc(NC(=O)C2(COC)CCNCC2)s1. The van der Waals surface area contributed by atoms with Gasteiger partial charge in [-0.2, -0.15) is 0 Å². The lowest BCUT2D eigenvalue weighted by Crippen LogP contribution is -2.47. The van der Waals surface area contributed by atoms with Crippen molar-refractivity contribution >= 4 is 22.4 Å². The number of nitrogens with one attached hydrogen (secondary N) is 2. The molecule has 19 heavy (non-hydrogen) atoms. The summed E-state index contributed by atoms with van der Waals surface area (Å²) in [5.41, 5.74) is -0.446. The number of amides is 1. The van der Waals surface area contributed by atoms with E-state index in [0.29, 0.717) is 11.7 Å². The first kappa shape index (κ1) is 14.4. The van der Waals surface area contributed by atoms with E-state index in [9.17, 15) is 4.79 Å². The van der Waals surface area contributed by atoms with Gasteiger partial charge in [0.05, 0.1) is 12.0 Å². The second-order valence-corrected chi connectivity index (χ2v) is 5.83. The summed E-state index contributed by atoms with van der Waals surface area (Å²) in [4.78, 5) is 12.5. The van der Waals surface area contributed by atoms with Gasteiger partial charge < -0.3 is 10.1 Å². The molecule has 1 aliphatic heterocycles. The van der Waals surface area contributed by atoms with E-state index < -0.39 is 5.41 Å². The van der Waals surface area contributed by atoms with Crippen LogP contribution in [0.2, 0.25) is 0 Å². The van der Waals surface area contributed by atoms with E-state index in [1.165, 1.54) is 11.3 Å². The second kappa shape index (κ2) is 6.40. The minimum absolute atomic E-state index is 0.00495. The Labute approximate surface area is 116 Å². The molecule has 1 aromatic rings. The lowest BCUT2D eigenvalue weighted by atomic mass is 9.79. The third-order valence-electron chi connectivity index (χ3n) is 3.45. The smallest absolute Gasteiger partial charge is 0.234 e. The molecule has 2 rings (SSSR count). The zero-order valence-electron chi connectivity index (χ0n) is 11.4. The first-order valence-corrected chi connectivity index (χ1v) is 7.35. The van der Waals surface area contributed by atoms with E-state index in [1.54, 1.807) is 7.11 Å². The normalized spacial score (nSPS) is 18.2. The van der Waals surface area contributed by atoms with Crippen LogP contribution in [-0.4, -0.2) is 42.9 Å². The van der Waals surface area contributed by atoms with Crippen LogP contribution in [0.1, 0.15) is 24.8 Å². The van der Waals surface area contributed by atoms with Gasteiger partial charge in [-0.1, -0.05) is 18.3 Å². The largest absolute Gasteiger partial charge is 0.384 e. The maximum Gasteiger partial charge on any atom is 0.234 e. The van der Waals surface area contributed by atoms with Gasteiger partial charge in [-0.25, -0.2) is 0 Å². The van der Waals surface area contributed by atoms with Crippen molar-refractivity contribution in [2.75, 3.05) is 32.1 Å². The standard InChI is InChI=1S/C12H20N4O2S/c1-3-9-15-16-11(19-9)14-10(17)12(8-18-2)4-6-13-7-5-12/h13H,3-8H2,1-2H3,(H,14,16,17). The summed E-state index contributed by atoms with van der Waals surface area (Å²) in [6, 6.07) is 0. The summed E-state index contributed by atoms with van der Waals surface area (Å²) < 4.78 is 5.25. The molecule has 0 radical (unpaired) electrons. The summed E-state index contributed by atoms with van der Waals surface area (Å²) in [5.74, 6) is -0.00495. The van der Waals surface area contributed by atoms with Gasteiger partial charge >= 0.3 is 0 Å². The average Bonchev–Trinajstić information content (AvgIpc) is 2.88. The van der Waals surface area contributed by atoms with Crippen LogP contribution in [0.15, 0.2) is 0 Å². The van der Waals surface area contributed by atoms with Gasteiger partial charge in [0.25, 0.3) is 0 Å². The molecule has 0 spiro atoms. The monoisotopic (exact) mass is 284 g/mol. The lowest BCUT2D eigenvalue weighted by molar-refractivity contribution is -0.130. The Morgan fingerprint density at radius 2 is 2.21 bits per heavy atom. The Balaban J connectivity index is 2.06. The lowest BCUT2D eigenvalue weighted by Gasteiger charge is -2.35. The molecule has 0 bridgehead atoms. The predicted molar refractivity (Wildman–Crippen MR) is 74.3 cm³/mol. The summed E-state index contributed by atoms with van der Waals surface area (Å²) in [7, 11) is 1.64. The van der Waals surface area contributed by atoms with Crippen LogP contribution >= 0.6 is 11.3 Å². The number of piperidine rings is 1. The van der Waals surface area contributed by atoms with Crippen molar-refractivity contribution in [1.29, 1.82) is 0 Å². The first-order chi connectivity index (χ1) is 9.20. The quantitative estimate of drug-likeness (QED) is 0.845. The van der Waals surface area contributed by atoms with Crippen LogP contribution in [0.5, 0.6) is 0 Å². The molecule has 0 aliphatic carbocycles.